The van der Waals surface area contributed by atoms with Crippen LogP contribution in [0.1, 0.15) is 38.5 Å². The number of anilines is 2. The average molecular weight is 353 g/mol. The molecule has 1 aliphatic carbocycles. The molecule has 1 saturated carbocycles. The predicted octanol–water partition coefficient (Wildman–Crippen LogP) is 3.93. The van der Waals surface area contributed by atoms with E-state index >= 15 is 0 Å². The van der Waals surface area contributed by atoms with Crippen LogP contribution in [0, 0.1) is 0 Å². The van der Waals surface area contributed by atoms with E-state index in [1.165, 1.54) is 25.7 Å². The van der Waals surface area contributed by atoms with Gasteiger partial charge in [0.1, 0.15) is 0 Å². The second kappa shape index (κ2) is 7.19. The zero-order valence-corrected chi connectivity index (χ0v) is 14.9. The summed E-state index contributed by atoms with van der Waals surface area (Å²) in [5.74, 6) is 1.20. The summed E-state index contributed by atoms with van der Waals surface area (Å²) in [4.78, 5) is 11.4. The highest BCUT2D eigenvalue weighted by molar-refractivity contribution is 5.75. The van der Waals surface area contributed by atoms with Crippen molar-refractivity contribution in [1.29, 1.82) is 0 Å². The van der Waals surface area contributed by atoms with E-state index in [1.54, 1.807) is 31.6 Å². The molecule has 0 aliphatic heterocycles. The lowest BCUT2D eigenvalue weighted by Crippen LogP contribution is -2.32. The lowest BCUT2D eigenvalue weighted by atomic mass is 10.1. The maximum absolute atomic E-state index is 10.3. The lowest BCUT2D eigenvalue weighted by molar-refractivity contribution is 0.373. The second-order valence-corrected chi connectivity index (χ2v) is 6.72. The number of ether oxygens (including phenoxy) is 1. The van der Waals surface area contributed by atoms with Gasteiger partial charge >= 0.3 is 0 Å². The molecule has 4 rings (SSSR count). The fraction of sp³-hybridized carbons (Fsp3) is 0.421. The van der Waals surface area contributed by atoms with Crippen LogP contribution in [0.5, 0.6) is 11.5 Å². The number of H-pyrrole nitrogens is 1. The Morgan fingerprint density at radius 2 is 1.96 bits per heavy atom. The Hall–Kier alpha value is -2.83. The van der Waals surface area contributed by atoms with Crippen LogP contribution in [0.15, 0.2) is 30.6 Å². The van der Waals surface area contributed by atoms with Crippen molar-refractivity contribution in [2.75, 3.05) is 12.0 Å². The van der Waals surface area contributed by atoms with E-state index in [0.717, 1.165) is 23.9 Å². The molecule has 7 nitrogen and oxygen atoms in total. The van der Waals surface area contributed by atoms with Gasteiger partial charge in [0.2, 0.25) is 5.95 Å². The first-order valence-electron chi connectivity index (χ1n) is 9.08. The number of hydrogen-bond acceptors (Lipinski definition) is 6. The number of hydrogen-bond donors (Lipinski definition) is 2. The van der Waals surface area contributed by atoms with Gasteiger partial charge in [-0.15, -0.1) is 0 Å². The van der Waals surface area contributed by atoms with Gasteiger partial charge in [0, 0.05) is 24.0 Å². The fourth-order valence-electron chi connectivity index (χ4n) is 3.68. The third kappa shape index (κ3) is 3.16. The number of nitrogens with one attached hydrogen (secondary N) is 1. The molecule has 2 heterocycles. The number of phenols is 1. The molecule has 1 aliphatic rings. The fourth-order valence-corrected chi connectivity index (χ4v) is 3.68. The van der Waals surface area contributed by atoms with Gasteiger partial charge in [0.25, 0.3) is 0 Å². The Morgan fingerprint density at radius 1 is 1.15 bits per heavy atom. The molecule has 0 radical (unpaired) electrons. The van der Waals surface area contributed by atoms with Gasteiger partial charge in [-0.25, -0.2) is 4.98 Å². The van der Waals surface area contributed by atoms with Crippen molar-refractivity contribution in [2.45, 2.75) is 44.6 Å². The predicted molar refractivity (Wildman–Crippen MR) is 100.0 cm³/mol. The van der Waals surface area contributed by atoms with Crippen LogP contribution < -0.4 is 9.64 Å². The van der Waals surface area contributed by atoms with Crippen molar-refractivity contribution in [1.82, 2.24) is 20.2 Å². The molecule has 0 saturated heterocycles. The van der Waals surface area contributed by atoms with Crippen LogP contribution in [0.4, 0.5) is 11.6 Å². The third-order valence-corrected chi connectivity index (χ3v) is 5.02. The van der Waals surface area contributed by atoms with E-state index < -0.39 is 0 Å². The molecular formula is C19H23N5O2. The molecule has 1 fully saturated rings. The highest BCUT2D eigenvalue weighted by Gasteiger charge is 2.25. The van der Waals surface area contributed by atoms with E-state index in [9.17, 15) is 5.11 Å². The smallest absolute Gasteiger partial charge is 0.232 e. The number of aromatic hydroxyl groups is 1. The van der Waals surface area contributed by atoms with E-state index in [1.807, 2.05) is 6.07 Å². The Kier molecular flexibility index (Phi) is 4.60. The normalized spacial score (nSPS) is 15.7. The van der Waals surface area contributed by atoms with Crippen molar-refractivity contribution in [2.24, 2.45) is 0 Å². The first-order chi connectivity index (χ1) is 12.8. The SMILES string of the molecule is COc1ccc(N(c2ncc3cn[nH]c3n2)C2CCCCCC2)cc1O. The summed E-state index contributed by atoms with van der Waals surface area (Å²) in [6.07, 6.45) is 10.6. The molecule has 136 valence electrons. The Labute approximate surface area is 152 Å². The molecular weight excluding hydrogens is 330 g/mol. The van der Waals surface area contributed by atoms with Gasteiger partial charge in [-0.2, -0.15) is 10.1 Å². The van der Waals surface area contributed by atoms with Gasteiger partial charge in [-0.1, -0.05) is 25.7 Å². The summed E-state index contributed by atoms with van der Waals surface area (Å²) in [5, 5.41) is 18.1. The summed E-state index contributed by atoms with van der Waals surface area (Å²) in [6, 6.07) is 5.75. The number of phenolic OH excluding ortho intramolecular Hbond substituents is 1. The number of benzene rings is 1. The number of fused-ring (bicyclic) bond motifs is 1. The molecule has 0 spiro atoms. The number of aromatic amines is 1. The summed E-state index contributed by atoms with van der Waals surface area (Å²) < 4.78 is 5.19. The number of methoxy groups -OCH3 is 1. The molecule has 0 atom stereocenters. The van der Waals surface area contributed by atoms with Crippen molar-refractivity contribution < 1.29 is 9.84 Å². The molecule has 26 heavy (non-hydrogen) atoms. The van der Waals surface area contributed by atoms with E-state index in [0.29, 0.717) is 23.4 Å². The molecule has 0 bridgehead atoms. The number of nitrogens with zero attached hydrogens (tertiary/aromatic N) is 4. The average Bonchev–Trinajstić information content (AvgIpc) is 2.96. The monoisotopic (exact) mass is 353 g/mol. The molecule has 0 amide bonds. The summed E-state index contributed by atoms with van der Waals surface area (Å²) in [7, 11) is 1.55. The minimum atomic E-state index is 0.117. The highest BCUT2D eigenvalue weighted by atomic mass is 16.5. The van der Waals surface area contributed by atoms with Crippen LogP contribution in [-0.4, -0.2) is 38.4 Å². The second-order valence-electron chi connectivity index (χ2n) is 6.72. The number of rotatable bonds is 4. The van der Waals surface area contributed by atoms with E-state index in [2.05, 4.69) is 25.1 Å². The largest absolute Gasteiger partial charge is 0.504 e. The van der Waals surface area contributed by atoms with Gasteiger partial charge in [0.15, 0.2) is 17.1 Å². The van der Waals surface area contributed by atoms with Gasteiger partial charge in [-0.05, 0) is 25.0 Å². The minimum absolute atomic E-state index is 0.117. The van der Waals surface area contributed by atoms with Crippen LogP contribution in [0.2, 0.25) is 0 Å². The number of aromatic nitrogens is 4. The summed E-state index contributed by atoms with van der Waals surface area (Å²) in [5.41, 5.74) is 1.58. The highest BCUT2D eigenvalue weighted by Crippen LogP contribution is 2.36. The summed E-state index contributed by atoms with van der Waals surface area (Å²) in [6.45, 7) is 0. The molecule has 1 aromatic carbocycles. The van der Waals surface area contributed by atoms with Crippen LogP contribution in [-0.2, 0) is 0 Å². The Bertz CT molecular complexity index is 887. The van der Waals surface area contributed by atoms with Gasteiger partial charge in [0.05, 0.1) is 18.7 Å². The Morgan fingerprint density at radius 3 is 2.69 bits per heavy atom. The van der Waals surface area contributed by atoms with Crippen molar-refractivity contribution >= 4 is 22.7 Å². The molecule has 2 N–H and O–H groups in total. The van der Waals surface area contributed by atoms with Crippen LogP contribution >= 0.6 is 0 Å². The topological polar surface area (TPSA) is 87.2 Å². The molecule has 0 unspecified atom stereocenters. The molecule has 7 heteroatoms. The first kappa shape index (κ1) is 16.6. The Balaban J connectivity index is 1.78. The summed E-state index contributed by atoms with van der Waals surface area (Å²) >= 11 is 0. The zero-order chi connectivity index (χ0) is 17.9. The zero-order valence-electron chi connectivity index (χ0n) is 14.9. The van der Waals surface area contributed by atoms with E-state index in [4.69, 9.17) is 4.74 Å². The van der Waals surface area contributed by atoms with Gasteiger partial charge in [-0.3, -0.25) is 5.10 Å². The third-order valence-electron chi connectivity index (χ3n) is 5.02. The first-order valence-corrected chi connectivity index (χ1v) is 9.08. The van der Waals surface area contributed by atoms with Crippen molar-refractivity contribution in [3.05, 3.63) is 30.6 Å². The van der Waals surface area contributed by atoms with Crippen LogP contribution in [0.25, 0.3) is 11.0 Å². The lowest BCUT2D eigenvalue weighted by Gasteiger charge is -2.31. The molecule has 2 aromatic heterocycles. The van der Waals surface area contributed by atoms with Crippen molar-refractivity contribution in [3.63, 3.8) is 0 Å². The quantitative estimate of drug-likeness (QED) is 0.691. The maximum Gasteiger partial charge on any atom is 0.232 e. The standard InChI is InChI=1S/C19H23N5O2/c1-26-17-9-8-15(10-16(17)25)24(14-6-4-2-3-5-7-14)19-20-11-13-12-21-23-18(13)22-19/h8-12,14,25H,2-7H2,1H3,(H,20,21,22,23). The minimum Gasteiger partial charge on any atom is -0.504 e. The van der Waals surface area contributed by atoms with Gasteiger partial charge < -0.3 is 14.7 Å². The van der Waals surface area contributed by atoms with Crippen molar-refractivity contribution in [3.8, 4) is 11.5 Å². The van der Waals surface area contributed by atoms with Crippen LogP contribution in [0.3, 0.4) is 0 Å². The molecule has 3 aromatic rings. The maximum atomic E-state index is 10.3. The van der Waals surface area contributed by atoms with E-state index in [-0.39, 0.29) is 5.75 Å².